The number of nitrogens with one attached hydrogen (secondary N) is 2. The van der Waals surface area contributed by atoms with E-state index in [1.165, 1.54) is 0 Å². The summed E-state index contributed by atoms with van der Waals surface area (Å²) in [5.74, 6) is -4.64. The second kappa shape index (κ2) is 19.1. The van der Waals surface area contributed by atoms with E-state index in [1.807, 2.05) is 158 Å². The van der Waals surface area contributed by atoms with Crippen molar-refractivity contribution in [3.8, 4) is 11.1 Å². The second-order valence-corrected chi connectivity index (χ2v) is 15.2. The lowest BCUT2D eigenvalue weighted by molar-refractivity contribution is -0.173. The monoisotopic (exact) mass is 846 g/mol. The van der Waals surface area contributed by atoms with Gasteiger partial charge in [0.25, 0.3) is 5.91 Å². The summed E-state index contributed by atoms with van der Waals surface area (Å²) in [6, 6.07) is 50.6. The Balaban J connectivity index is 1.55. The highest BCUT2D eigenvalue weighted by molar-refractivity contribution is 7.80. The molecule has 0 bridgehead atoms. The molecule has 0 fully saturated rings. The Morgan fingerprint density at radius 1 is 0.661 bits per heavy atom. The Bertz CT molecular complexity index is 2400. The third-order valence-electron chi connectivity index (χ3n) is 11.2. The van der Waals surface area contributed by atoms with Crippen molar-refractivity contribution in [1.29, 1.82) is 0 Å². The van der Waals surface area contributed by atoms with E-state index in [2.05, 4.69) is 23.3 Å². The van der Waals surface area contributed by atoms with Gasteiger partial charge in [0.1, 0.15) is 6.04 Å². The lowest BCUT2D eigenvalue weighted by atomic mass is 9.71. The zero-order valence-electron chi connectivity index (χ0n) is 34.0. The molecule has 12 heteroatoms. The molecule has 0 saturated carbocycles. The number of rotatable bonds is 15. The summed E-state index contributed by atoms with van der Waals surface area (Å²) in [5, 5.41) is 5.01. The van der Waals surface area contributed by atoms with Crippen molar-refractivity contribution >= 4 is 42.4 Å². The third kappa shape index (κ3) is 8.22. The Morgan fingerprint density at radius 2 is 1.11 bits per heavy atom. The van der Waals surface area contributed by atoms with Crippen LogP contribution >= 0.6 is 12.6 Å². The molecule has 4 amide bonds. The molecule has 1 aliphatic rings. The molecular formula is C50H46N4O7S. The van der Waals surface area contributed by atoms with Gasteiger partial charge < -0.3 is 25.8 Å². The number of nitrogens with zero attached hydrogens (tertiary/aromatic N) is 1. The highest BCUT2D eigenvalue weighted by atomic mass is 32.1. The number of nitrogens with two attached hydrogens (primary N) is 1. The number of benzene rings is 6. The van der Waals surface area contributed by atoms with Gasteiger partial charge in [-0.05, 0) is 27.8 Å². The Hall–Kier alpha value is -7.02. The number of methoxy groups -OCH3 is 1. The Morgan fingerprint density at radius 3 is 1.56 bits per heavy atom. The van der Waals surface area contributed by atoms with Crippen molar-refractivity contribution in [2.24, 2.45) is 5.73 Å². The first kappa shape index (κ1) is 43.1. The molecule has 4 N–H and O–H groups in total. The van der Waals surface area contributed by atoms with E-state index in [0.717, 1.165) is 23.1 Å². The van der Waals surface area contributed by atoms with Gasteiger partial charge in [0.05, 0.1) is 20.2 Å². The van der Waals surface area contributed by atoms with Crippen molar-refractivity contribution < 1.29 is 33.4 Å². The molecule has 0 radical (unpaired) electrons. The molecule has 314 valence electrons. The molecule has 62 heavy (non-hydrogen) atoms. The minimum atomic E-state index is -2.28. The van der Waals surface area contributed by atoms with Gasteiger partial charge in [-0.1, -0.05) is 170 Å². The summed E-state index contributed by atoms with van der Waals surface area (Å²) in [5.41, 5.74) is 6.80. The summed E-state index contributed by atoms with van der Waals surface area (Å²) in [4.78, 5) is 73.3. The number of carbonyl (C=O) groups excluding carboxylic acids is 5. The fraction of sp³-hybridized carbons (Fsp3) is 0.180. The van der Waals surface area contributed by atoms with Crippen molar-refractivity contribution in [3.63, 3.8) is 0 Å². The van der Waals surface area contributed by atoms with E-state index < -0.39 is 59.4 Å². The second-order valence-electron chi connectivity index (χ2n) is 14.8. The zero-order chi connectivity index (χ0) is 43.7. The van der Waals surface area contributed by atoms with E-state index >= 15 is 9.59 Å². The lowest BCUT2D eigenvalue weighted by Gasteiger charge is -2.47. The molecular weight excluding hydrogens is 801 g/mol. The maximum Gasteiger partial charge on any atom is 0.417 e. The van der Waals surface area contributed by atoms with Gasteiger partial charge in [-0.2, -0.15) is 12.6 Å². The fourth-order valence-corrected chi connectivity index (χ4v) is 8.72. The number of amides is 4. The maximum atomic E-state index is 16.7. The maximum absolute atomic E-state index is 16.7. The molecule has 11 nitrogen and oxygen atoms in total. The minimum absolute atomic E-state index is 0.255. The molecule has 0 heterocycles. The largest absolute Gasteiger partial charge is 0.452 e. The molecule has 1 unspecified atom stereocenters. The van der Waals surface area contributed by atoms with Crippen molar-refractivity contribution in [2.75, 3.05) is 26.0 Å². The first-order valence-corrected chi connectivity index (χ1v) is 20.7. The average molecular weight is 847 g/mol. The molecule has 7 rings (SSSR count). The Labute approximate surface area is 365 Å². The SMILES string of the molecule is COC(=O)N(C(=O)C(CS)NC(=O)CNC(=O)CN)[C@@](Cc1ccccc1)(C(=O)OC(c1ccccc1)(c1ccccc1)c1ccccc1)C1c2ccccc2-c2ccccc21. The predicted octanol–water partition coefficient (Wildman–Crippen LogP) is 6.40. The fourth-order valence-electron chi connectivity index (χ4n) is 8.47. The first-order valence-electron chi connectivity index (χ1n) is 20.1. The zero-order valence-corrected chi connectivity index (χ0v) is 34.9. The van der Waals surface area contributed by atoms with Crippen LogP contribution in [-0.4, -0.2) is 72.2 Å². The summed E-state index contributed by atoms with van der Waals surface area (Å²) in [7, 11) is 1.12. The number of hydrogen-bond donors (Lipinski definition) is 4. The predicted molar refractivity (Wildman–Crippen MR) is 239 cm³/mol. The smallest absolute Gasteiger partial charge is 0.417 e. The molecule has 6 aromatic carbocycles. The molecule has 0 saturated heterocycles. The normalized spacial score (nSPS) is 13.3. The summed E-state index contributed by atoms with van der Waals surface area (Å²) >= 11 is 4.47. The van der Waals surface area contributed by atoms with Crippen molar-refractivity contribution in [1.82, 2.24) is 15.5 Å². The molecule has 6 aromatic rings. The Kier molecular flexibility index (Phi) is 13.3. The van der Waals surface area contributed by atoms with Crippen LogP contribution in [0.1, 0.15) is 39.3 Å². The number of thiol groups is 1. The first-order chi connectivity index (χ1) is 30.2. The van der Waals surface area contributed by atoms with Gasteiger partial charge in [-0.3, -0.25) is 14.4 Å². The molecule has 0 aromatic heterocycles. The van der Waals surface area contributed by atoms with Gasteiger partial charge in [-0.15, -0.1) is 0 Å². The van der Waals surface area contributed by atoms with Gasteiger partial charge in [-0.25, -0.2) is 14.5 Å². The highest BCUT2D eigenvalue weighted by Gasteiger charge is 2.62. The minimum Gasteiger partial charge on any atom is -0.452 e. The van der Waals surface area contributed by atoms with Crippen LogP contribution in [0.3, 0.4) is 0 Å². The van der Waals surface area contributed by atoms with E-state index in [1.54, 1.807) is 12.1 Å². The molecule has 1 aliphatic carbocycles. The van der Waals surface area contributed by atoms with Crippen LogP contribution in [0, 0.1) is 0 Å². The number of carbonyl (C=O) groups is 5. The van der Waals surface area contributed by atoms with Gasteiger partial charge in [0.2, 0.25) is 11.8 Å². The quantitative estimate of drug-likeness (QED) is 0.0526. The van der Waals surface area contributed by atoms with Gasteiger partial charge >= 0.3 is 12.1 Å². The van der Waals surface area contributed by atoms with E-state index in [9.17, 15) is 14.4 Å². The molecule has 0 spiro atoms. The summed E-state index contributed by atoms with van der Waals surface area (Å²) in [6.45, 7) is -0.872. The average Bonchev–Trinajstić information content (AvgIpc) is 3.67. The van der Waals surface area contributed by atoms with Crippen LogP contribution in [0.15, 0.2) is 170 Å². The number of esters is 1. The van der Waals surface area contributed by atoms with E-state index in [4.69, 9.17) is 15.2 Å². The van der Waals surface area contributed by atoms with Crippen LogP contribution < -0.4 is 16.4 Å². The number of imide groups is 1. The van der Waals surface area contributed by atoms with Crippen LogP contribution in [-0.2, 0) is 40.7 Å². The standard InChI is InChI=1S/C50H46N4O7S/c1-60-48(59)54(46(57)42(33-62)53-44(56)32-52-43(55)31-51)49(30-34-18-6-2-7-19-34,45-40-28-16-14-26-38(40)39-27-15-17-29-41(39)45)47(58)61-50(35-20-8-3-9-21-35,36-22-10-4-11-23-36)37-24-12-5-13-25-37/h2-29,42,45,62H,30-33,51H2,1H3,(H,52,55)(H,53,56)/t42?,49-/m1/s1. The van der Waals surface area contributed by atoms with E-state index in [-0.39, 0.29) is 18.7 Å². The van der Waals surface area contributed by atoms with Crippen molar-refractivity contribution in [2.45, 2.75) is 29.5 Å². The molecule has 0 aliphatic heterocycles. The van der Waals surface area contributed by atoms with Crippen LogP contribution in [0.4, 0.5) is 4.79 Å². The topological polar surface area (TPSA) is 157 Å². The van der Waals surface area contributed by atoms with E-state index in [0.29, 0.717) is 33.4 Å². The van der Waals surface area contributed by atoms with Crippen LogP contribution in [0.5, 0.6) is 0 Å². The number of fused-ring (bicyclic) bond motifs is 3. The number of hydrogen-bond acceptors (Lipinski definition) is 9. The van der Waals surface area contributed by atoms with Crippen LogP contribution in [0.25, 0.3) is 11.1 Å². The lowest BCUT2D eigenvalue weighted by Crippen LogP contribution is -2.68. The summed E-state index contributed by atoms with van der Waals surface area (Å²) in [6.07, 6.45) is -1.43. The number of ether oxygens (including phenoxy) is 2. The van der Waals surface area contributed by atoms with Crippen LogP contribution in [0.2, 0.25) is 0 Å². The molecule has 2 atom stereocenters. The van der Waals surface area contributed by atoms with Crippen molar-refractivity contribution in [3.05, 3.63) is 203 Å². The third-order valence-corrected chi connectivity index (χ3v) is 11.6. The summed E-state index contributed by atoms with van der Waals surface area (Å²) < 4.78 is 12.8. The van der Waals surface area contributed by atoms with Gasteiger partial charge in [0, 0.05) is 34.8 Å². The van der Waals surface area contributed by atoms with Gasteiger partial charge in [0.15, 0.2) is 11.1 Å². The highest BCUT2D eigenvalue weighted by Crippen LogP contribution is 2.54.